The van der Waals surface area contributed by atoms with Gasteiger partial charge in [0.25, 0.3) is 0 Å². The van der Waals surface area contributed by atoms with Gasteiger partial charge in [0.1, 0.15) is 5.69 Å². The van der Waals surface area contributed by atoms with Crippen molar-refractivity contribution in [2.45, 2.75) is 12.5 Å². The van der Waals surface area contributed by atoms with Gasteiger partial charge in [-0.15, -0.1) is 0 Å². The van der Waals surface area contributed by atoms with Crippen LogP contribution in [-0.4, -0.2) is 55.0 Å². The molecule has 8 nitrogen and oxygen atoms in total. The zero-order valence-corrected chi connectivity index (χ0v) is 14.3. The van der Waals surface area contributed by atoms with E-state index in [0.29, 0.717) is 38.3 Å². The molecule has 0 aliphatic carbocycles. The highest BCUT2D eigenvalue weighted by atomic mass is 32.2. The predicted octanol–water partition coefficient (Wildman–Crippen LogP) is 1.26. The maximum absolute atomic E-state index is 12.9. The van der Waals surface area contributed by atoms with E-state index in [9.17, 15) is 8.42 Å². The van der Waals surface area contributed by atoms with E-state index in [4.69, 9.17) is 9.78 Å². The average Bonchev–Trinajstić information content (AvgIpc) is 3.33. The summed E-state index contributed by atoms with van der Waals surface area (Å²) in [4.78, 5) is 1.59. The first-order valence-electron chi connectivity index (χ1n) is 8.06. The lowest BCUT2D eigenvalue weighted by Gasteiger charge is -2.22. The summed E-state index contributed by atoms with van der Waals surface area (Å²) in [6, 6.07) is 10.9. The summed E-state index contributed by atoms with van der Waals surface area (Å²) in [5.74, 6) is 0.219. The van der Waals surface area contributed by atoms with Gasteiger partial charge in [0.15, 0.2) is 6.19 Å². The zero-order chi connectivity index (χ0) is 17.4. The molecule has 3 heterocycles. The first kappa shape index (κ1) is 15.9. The van der Waals surface area contributed by atoms with Gasteiger partial charge in [0, 0.05) is 37.3 Å². The van der Waals surface area contributed by atoms with Crippen LogP contribution in [0.15, 0.2) is 40.9 Å². The highest BCUT2D eigenvalue weighted by Gasteiger charge is 2.44. The van der Waals surface area contributed by atoms with Crippen LogP contribution in [0.4, 0.5) is 5.88 Å². The number of aromatic nitrogens is 1. The second-order valence-electron chi connectivity index (χ2n) is 6.10. The van der Waals surface area contributed by atoms with Gasteiger partial charge in [0.05, 0.1) is 6.54 Å². The number of likely N-dealkylation sites (tertiary alicyclic amines) is 1. The Balaban J connectivity index is 1.57. The molecule has 0 unspecified atom stereocenters. The summed E-state index contributed by atoms with van der Waals surface area (Å²) in [5.41, 5.74) is 1.46. The lowest BCUT2D eigenvalue weighted by atomic mass is 10.2. The van der Waals surface area contributed by atoms with E-state index in [1.807, 2.05) is 30.3 Å². The van der Waals surface area contributed by atoms with E-state index in [1.54, 1.807) is 11.0 Å². The maximum Gasteiger partial charge on any atom is 0.306 e. The van der Waals surface area contributed by atoms with Crippen LogP contribution in [0, 0.1) is 11.5 Å². The van der Waals surface area contributed by atoms with Crippen molar-refractivity contribution in [1.82, 2.24) is 14.4 Å². The van der Waals surface area contributed by atoms with E-state index < -0.39 is 10.2 Å². The Kier molecular flexibility index (Phi) is 3.86. The van der Waals surface area contributed by atoms with Gasteiger partial charge in [-0.3, -0.25) is 0 Å². The Bertz CT molecular complexity index is 905. The van der Waals surface area contributed by atoms with Crippen LogP contribution in [0.3, 0.4) is 0 Å². The van der Waals surface area contributed by atoms with Crippen LogP contribution in [0.2, 0.25) is 0 Å². The molecule has 0 spiro atoms. The van der Waals surface area contributed by atoms with Crippen molar-refractivity contribution in [1.29, 1.82) is 5.26 Å². The van der Waals surface area contributed by atoms with Crippen LogP contribution in [-0.2, 0) is 10.2 Å². The highest BCUT2D eigenvalue weighted by molar-refractivity contribution is 7.90. The smallest absolute Gasteiger partial charge is 0.306 e. The topological polar surface area (TPSA) is 93.7 Å². The van der Waals surface area contributed by atoms with Crippen molar-refractivity contribution in [2.24, 2.45) is 0 Å². The number of nitrogens with zero attached hydrogens (tertiary/aromatic N) is 5. The molecule has 0 N–H and O–H groups in total. The lowest BCUT2D eigenvalue weighted by molar-refractivity contribution is 0.345. The lowest BCUT2D eigenvalue weighted by Crippen LogP contribution is -2.41. The van der Waals surface area contributed by atoms with Gasteiger partial charge in [-0.1, -0.05) is 35.5 Å². The molecule has 1 atom stereocenters. The van der Waals surface area contributed by atoms with E-state index >= 15 is 0 Å². The molecule has 9 heteroatoms. The molecule has 130 valence electrons. The largest absolute Gasteiger partial charge is 0.337 e. The molecule has 1 aromatic heterocycles. The molecule has 2 fully saturated rings. The SMILES string of the molecule is N#CN1CC[C@@H](N2CCN(c3cc(-c4ccccc4)no3)S2(=O)=O)C1. The Morgan fingerprint density at radius 3 is 2.72 bits per heavy atom. The Morgan fingerprint density at radius 2 is 2.00 bits per heavy atom. The Hall–Kier alpha value is -2.57. The van der Waals surface area contributed by atoms with E-state index in [-0.39, 0.29) is 11.9 Å². The molecule has 2 aliphatic rings. The molecule has 0 amide bonds. The minimum atomic E-state index is -3.67. The van der Waals surface area contributed by atoms with Gasteiger partial charge in [-0.05, 0) is 6.42 Å². The molecule has 0 saturated carbocycles. The highest BCUT2D eigenvalue weighted by Crippen LogP contribution is 2.31. The summed E-state index contributed by atoms with van der Waals surface area (Å²) in [6.07, 6.45) is 2.74. The van der Waals surface area contributed by atoms with Crippen LogP contribution < -0.4 is 4.31 Å². The minimum Gasteiger partial charge on any atom is -0.337 e. The minimum absolute atomic E-state index is 0.175. The molecular formula is C16H17N5O3S. The zero-order valence-electron chi connectivity index (χ0n) is 13.4. The third-order valence-electron chi connectivity index (χ3n) is 4.62. The molecule has 2 aromatic rings. The van der Waals surface area contributed by atoms with Gasteiger partial charge in [-0.2, -0.15) is 18.0 Å². The number of benzene rings is 1. The quantitative estimate of drug-likeness (QED) is 0.766. The van der Waals surface area contributed by atoms with Crippen molar-refractivity contribution >= 4 is 16.1 Å². The third kappa shape index (κ3) is 2.73. The van der Waals surface area contributed by atoms with E-state index in [2.05, 4.69) is 11.3 Å². The number of hydrogen-bond acceptors (Lipinski definition) is 6. The van der Waals surface area contributed by atoms with Gasteiger partial charge in [-0.25, -0.2) is 4.31 Å². The van der Waals surface area contributed by atoms with Gasteiger partial charge < -0.3 is 9.42 Å². The Morgan fingerprint density at radius 1 is 1.20 bits per heavy atom. The van der Waals surface area contributed by atoms with Crippen LogP contribution in [0.25, 0.3) is 11.3 Å². The van der Waals surface area contributed by atoms with Gasteiger partial charge >= 0.3 is 10.2 Å². The predicted molar refractivity (Wildman–Crippen MR) is 90.5 cm³/mol. The van der Waals surface area contributed by atoms with Gasteiger partial charge in [0.2, 0.25) is 5.88 Å². The summed E-state index contributed by atoms with van der Waals surface area (Å²) in [7, 11) is -3.67. The fourth-order valence-electron chi connectivity index (χ4n) is 3.34. The normalized spacial score (nSPS) is 23.1. The first-order chi connectivity index (χ1) is 12.1. The first-order valence-corrected chi connectivity index (χ1v) is 9.45. The summed E-state index contributed by atoms with van der Waals surface area (Å²) >= 11 is 0. The summed E-state index contributed by atoms with van der Waals surface area (Å²) in [6.45, 7) is 1.73. The summed E-state index contributed by atoms with van der Waals surface area (Å²) < 4.78 is 33.8. The number of anilines is 1. The van der Waals surface area contributed by atoms with Crippen LogP contribution >= 0.6 is 0 Å². The van der Waals surface area contributed by atoms with Crippen LogP contribution in [0.1, 0.15) is 6.42 Å². The third-order valence-corrected chi connectivity index (χ3v) is 6.62. The van der Waals surface area contributed by atoms with Crippen molar-refractivity contribution in [3.63, 3.8) is 0 Å². The molecule has 25 heavy (non-hydrogen) atoms. The maximum atomic E-state index is 12.9. The second kappa shape index (κ2) is 6.06. The molecular weight excluding hydrogens is 342 g/mol. The van der Waals surface area contributed by atoms with Crippen molar-refractivity contribution in [3.05, 3.63) is 36.4 Å². The van der Waals surface area contributed by atoms with Crippen molar-refractivity contribution in [3.8, 4) is 17.5 Å². The molecule has 2 aliphatic heterocycles. The fraction of sp³-hybridized carbons (Fsp3) is 0.375. The standard InChI is InChI=1S/C16H17N5O3S/c17-12-19-7-6-14(11-19)20-8-9-21(25(20,22)23)16-10-15(18-24-16)13-4-2-1-3-5-13/h1-5,10,14H,6-9,11H2/t14-/m1/s1. The summed E-state index contributed by atoms with van der Waals surface area (Å²) in [5, 5.41) is 13.0. The van der Waals surface area contributed by atoms with E-state index in [1.165, 1.54) is 8.61 Å². The molecule has 2 saturated heterocycles. The average molecular weight is 359 g/mol. The Labute approximate surface area is 146 Å². The second-order valence-corrected chi connectivity index (χ2v) is 7.90. The molecule has 4 rings (SSSR count). The van der Waals surface area contributed by atoms with Crippen molar-refractivity contribution < 1.29 is 12.9 Å². The molecule has 0 radical (unpaired) electrons. The number of rotatable bonds is 3. The van der Waals surface area contributed by atoms with E-state index in [0.717, 1.165) is 5.56 Å². The molecule has 1 aromatic carbocycles. The monoisotopic (exact) mass is 359 g/mol. The molecule has 0 bridgehead atoms. The van der Waals surface area contributed by atoms with Crippen LogP contribution in [0.5, 0.6) is 0 Å². The number of hydrogen-bond donors (Lipinski definition) is 0. The number of nitriles is 1. The van der Waals surface area contributed by atoms with Crippen molar-refractivity contribution in [2.75, 3.05) is 30.5 Å². The fourth-order valence-corrected chi connectivity index (χ4v) is 5.08.